The highest BCUT2D eigenvalue weighted by atomic mass is 16.2. The summed E-state index contributed by atoms with van der Waals surface area (Å²) in [5, 5.41) is 0. The fourth-order valence-electron chi connectivity index (χ4n) is 2.04. The third kappa shape index (κ3) is 4.07. The lowest BCUT2D eigenvalue weighted by Gasteiger charge is -2.28. The summed E-state index contributed by atoms with van der Waals surface area (Å²) >= 11 is 0. The van der Waals surface area contributed by atoms with Gasteiger partial charge in [0.15, 0.2) is 0 Å². The first kappa shape index (κ1) is 16.7. The van der Waals surface area contributed by atoms with Crippen LogP contribution in [0.3, 0.4) is 0 Å². The van der Waals surface area contributed by atoms with Gasteiger partial charge in [-0.05, 0) is 29.9 Å². The van der Waals surface area contributed by atoms with Crippen molar-refractivity contribution in [2.24, 2.45) is 5.73 Å². The van der Waals surface area contributed by atoms with Crippen LogP contribution in [0.2, 0.25) is 0 Å². The minimum Gasteiger partial charge on any atom is -0.340 e. The molecular weight excluding hydrogens is 248 g/mol. The van der Waals surface area contributed by atoms with E-state index in [-0.39, 0.29) is 11.3 Å². The molecule has 20 heavy (non-hydrogen) atoms. The number of hydrogen-bond acceptors (Lipinski definition) is 2. The first-order valence-corrected chi connectivity index (χ1v) is 7.22. The maximum absolute atomic E-state index is 12.2. The van der Waals surface area contributed by atoms with Crippen LogP contribution in [0.4, 0.5) is 0 Å². The maximum atomic E-state index is 12.2. The number of benzene rings is 1. The second-order valence-corrected chi connectivity index (χ2v) is 6.88. The Hall–Kier alpha value is -1.35. The van der Waals surface area contributed by atoms with Gasteiger partial charge in [-0.3, -0.25) is 4.79 Å². The van der Waals surface area contributed by atoms with Crippen LogP contribution in [0.15, 0.2) is 24.3 Å². The Morgan fingerprint density at radius 1 is 1.15 bits per heavy atom. The average molecular weight is 276 g/mol. The average Bonchev–Trinajstić information content (AvgIpc) is 2.37. The van der Waals surface area contributed by atoms with Crippen LogP contribution >= 0.6 is 0 Å². The molecule has 1 atom stereocenters. The van der Waals surface area contributed by atoms with E-state index in [0.29, 0.717) is 13.0 Å². The van der Waals surface area contributed by atoms with Crippen molar-refractivity contribution < 1.29 is 4.79 Å². The van der Waals surface area contributed by atoms with Gasteiger partial charge in [-0.15, -0.1) is 0 Å². The molecule has 2 N–H and O–H groups in total. The molecule has 1 amide bonds. The number of hydrogen-bond donors (Lipinski definition) is 1. The van der Waals surface area contributed by atoms with E-state index in [1.165, 1.54) is 5.56 Å². The topological polar surface area (TPSA) is 46.3 Å². The van der Waals surface area contributed by atoms with Crippen LogP contribution in [0.1, 0.15) is 52.2 Å². The smallest absolute Gasteiger partial charge is 0.242 e. The molecule has 0 heterocycles. The summed E-state index contributed by atoms with van der Waals surface area (Å²) in [4.78, 5) is 13.9. The number of nitrogens with zero attached hydrogens (tertiary/aromatic N) is 1. The normalized spacial score (nSPS) is 14.8. The molecule has 0 spiro atoms. The van der Waals surface area contributed by atoms with Crippen LogP contribution < -0.4 is 5.73 Å². The van der Waals surface area contributed by atoms with Gasteiger partial charge in [-0.2, -0.15) is 0 Å². The Kier molecular flexibility index (Phi) is 4.98. The third-order valence-electron chi connectivity index (χ3n) is 3.81. The number of carbonyl (C=O) groups is 1. The molecule has 1 aromatic carbocycles. The fourth-order valence-corrected chi connectivity index (χ4v) is 2.04. The van der Waals surface area contributed by atoms with E-state index in [0.717, 1.165) is 5.56 Å². The minimum absolute atomic E-state index is 0.0140. The Bertz CT molecular complexity index is 455. The van der Waals surface area contributed by atoms with Crippen LogP contribution in [0, 0.1) is 0 Å². The second-order valence-electron chi connectivity index (χ2n) is 6.88. The number of amides is 1. The van der Waals surface area contributed by atoms with Gasteiger partial charge in [-0.25, -0.2) is 0 Å². The van der Waals surface area contributed by atoms with Gasteiger partial charge in [0.2, 0.25) is 5.91 Å². The van der Waals surface area contributed by atoms with Gasteiger partial charge in [0.1, 0.15) is 0 Å². The van der Waals surface area contributed by atoms with E-state index in [1.807, 2.05) is 6.92 Å². The Balaban J connectivity index is 2.77. The number of likely N-dealkylation sites (N-methyl/N-ethyl adjacent to an activating group) is 1. The molecule has 0 saturated carbocycles. The predicted molar refractivity (Wildman–Crippen MR) is 84.5 cm³/mol. The molecule has 1 aromatic rings. The van der Waals surface area contributed by atoms with Crippen molar-refractivity contribution in [3.63, 3.8) is 0 Å². The predicted octanol–water partition coefficient (Wildman–Crippen LogP) is 3.07. The third-order valence-corrected chi connectivity index (χ3v) is 3.81. The summed E-state index contributed by atoms with van der Waals surface area (Å²) in [5.74, 6) is -0.0140. The summed E-state index contributed by atoms with van der Waals surface area (Å²) < 4.78 is 0. The standard InChI is InChI=1S/C17H28N2O/c1-7-17(5,18)15(20)19(6)12-13-8-10-14(11-9-13)16(2,3)4/h8-11H,7,12,18H2,1-6H3. The van der Waals surface area contributed by atoms with E-state index >= 15 is 0 Å². The molecule has 0 aliphatic carbocycles. The number of carbonyl (C=O) groups excluding carboxylic acids is 1. The summed E-state index contributed by atoms with van der Waals surface area (Å²) in [7, 11) is 1.81. The minimum atomic E-state index is -0.778. The van der Waals surface area contributed by atoms with Gasteiger partial charge in [0.05, 0.1) is 5.54 Å². The largest absolute Gasteiger partial charge is 0.340 e. The molecule has 1 rings (SSSR count). The highest BCUT2D eigenvalue weighted by Gasteiger charge is 2.29. The van der Waals surface area contributed by atoms with E-state index in [4.69, 9.17) is 5.73 Å². The van der Waals surface area contributed by atoms with E-state index in [9.17, 15) is 4.79 Å². The zero-order chi connectivity index (χ0) is 15.6. The first-order chi connectivity index (χ1) is 9.08. The van der Waals surface area contributed by atoms with Crippen molar-refractivity contribution in [2.45, 2.75) is 58.5 Å². The molecular formula is C17H28N2O. The lowest BCUT2D eigenvalue weighted by molar-refractivity contribution is -0.135. The molecule has 3 nitrogen and oxygen atoms in total. The summed E-state index contributed by atoms with van der Waals surface area (Å²) in [6.45, 7) is 10.9. The van der Waals surface area contributed by atoms with Crippen molar-refractivity contribution in [1.82, 2.24) is 4.90 Å². The number of rotatable bonds is 4. The molecule has 0 aliphatic rings. The molecule has 0 saturated heterocycles. The Labute approximate surface area is 123 Å². The van der Waals surface area contributed by atoms with Crippen LogP contribution in [0.5, 0.6) is 0 Å². The van der Waals surface area contributed by atoms with Gasteiger partial charge >= 0.3 is 0 Å². The maximum Gasteiger partial charge on any atom is 0.242 e. The molecule has 1 unspecified atom stereocenters. The van der Waals surface area contributed by atoms with Crippen molar-refractivity contribution in [3.8, 4) is 0 Å². The monoisotopic (exact) mass is 276 g/mol. The Morgan fingerprint density at radius 3 is 2.05 bits per heavy atom. The fraction of sp³-hybridized carbons (Fsp3) is 0.588. The van der Waals surface area contributed by atoms with Crippen molar-refractivity contribution >= 4 is 5.91 Å². The molecule has 0 radical (unpaired) electrons. The molecule has 3 heteroatoms. The SMILES string of the molecule is CCC(C)(N)C(=O)N(C)Cc1ccc(C(C)(C)C)cc1. The summed E-state index contributed by atoms with van der Waals surface area (Å²) in [5.41, 5.74) is 7.80. The van der Waals surface area contributed by atoms with Crippen molar-refractivity contribution in [3.05, 3.63) is 35.4 Å². The Morgan fingerprint density at radius 2 is 1.65 bits per heavy atom. The van der Waals surface area contributed by atoms with E-state index in [1.54, 1.807) is 18.9 Å². The van der Waals surface area contributed by atoms with Gasteiger partial charge in [0, 0.05) is 13.6 Å². The zero-order valence-electron chi connectivity index (χ0n) is 13.7. The lowest BCUT2D eigenvalue weighted by Crippen LogP contribution is -2.51. The molecule has 0 aliphatic heterocycles. The summed E-state index contributed by atoms with van der Waals surface area (Å²) in [6.07, 6.45) is 0.638. The van der Waals surface area contributed by atoms with Crippen LogP contribution in [0.25, 0.3) is 0 Å². The van der Waals surface area contributed by atoms with E-state index < -0.39 is 5.54 Å². The summed E-state index contributed by atoms with van der Waals surface area (Å²) in [6, 6.07) is 8.44. The molecule has 0 fully saturated rings. The molecule has 0 bridgehead atoms. The molecule has 112 valence electrons. The zero-order valence-corrected chi connectivity index (χ0v) is 13.7. The van der Waals surface area contributed by atoms with Gasteiger partial charge in [-0.1, -0.05) is 52.0 Å². The highest BCUT2D eigenvalue weighted by Crippen LogP contribution is 2.22. The van der Waals surface area contributed by atoms with Crippen molar-refractivity contribution in [1.29, 1.82) is 0 Å². The van der Waals surface area contributed by atoms with Crippen molar-refractivity contribution in [2.75, 3.05) is 7.05 Å². The number of nitrogens with two attached hydrogens (primary N) is 1. The second kappa shape index (κ2) is 5.96. The van der Waals surface area contributed by atoms with Crippen LogP contribution in [-0.4, -0.2) is 23.4 Å². The first-order valence-electron chi connectivity index (χ1n) is 7.22. The van der Waals surface area contributed by atoms with Gasteiger partial charge in [0.25, 0.3) is 0 Å². The molecule has 0 aromatic heterocycles. The van der Waals surface area contributed by atoms with Crippen LogP contribution in [-0.2, 0) is 16.8 Å². The lowest BCUT2D eigenvalue weighted by atomic mass is 9.86. The van der Waals surface area contributed by atoms with E-state index in [2.05, 4.69) is 45.0 Å². The quantitative estimate of drug-likeness (QED) is 0.918. The highest BCUT2D eigenvalue weighted by molar-refractivity contribution is 5.85. The van der Waals surface area contributed by atoms with Gasteiger partial charge < -0.3 is 10.6 Å².